The lowest BCUT2D eigenvalue weighted by atomic mass is 9.88. The van der Waals surface area contributed by atoms with E-state index >= 15 is 0 Å². The van der Waals surface area contributed by atoms with E-state index in [4.69, 9.17) is 4.74 Å². The average molecular weight is 425 g/mol. The number of nitrogens with zero attached hydrogens (tertiary/aromatic N) is 1. The van der Waals surface area contributed by atoms with Gasteiger partial charge in [-0.2, -0.15) is 0 Å². The van der Waals surface area contributed by atoms with E-state index in [0.717, 1.165) is 22.4 Å². The molecule has 1 N–H and O–H groups in total. The van der Waals surface area contributed by atoms with Crippen LogP contribution in [-0.4, -0.2) is 31.7 Å². The summed E-state index contributed by atoms with van der Waals surface area (Å²) in [6.07, 6.45) is 0.0342. The molecule has 0 radical (unpaired) electrons. The minimum atomic E-state index is -0.323. The summed E-state index contributed by atoms with van der Waals surface area (Å²) in [4.78, 5) is 25.8. The van der Waals surface area contributed by atoms with Crippen LogP contribution in [0.15, 0.2) is 84.9 Å². The van der Waals surface area contributed by atoms with Crippen molar-refractivity contribution in [2.75, 3.05) is 24.6 Å². The molecule has 0 bridgehead atoms. The molecule has 1 fully saturated rings. The smallest absolute Gasteiger partial charge is 0.414 e. The van der Waals surface area contributed by atoms with Gasteiger partial charge in [0.25, 0.3) is 0 Å². The van der Waals surface area contributed by atoms with Gasteiger partial charge in [0.05, 0.1) is 13.1 Å². The van der Waals surface area contributed by atoms with Gasteiger partial charge >= 0.3 is 6.09 Å². The number of carbonyl (C=O) groups excluding carboxylic acids is 2. The van der Waals surface area contributed by atoms with Gasteiger partial charge in [-0.05, 0) is 35.4 Å². The molecule has 1 heterocycles. The highest BCUT2D eigenvalue weighted by Gasteiger charge is 2.23. The first kappa shape index (κ1) is 21.2. The van der Waals surface area contributed by atoms with Gasteiger partial charge in [-0.1, -0.05) is 72.5 Å². The van der Waals surface area contributed by atoms with Gasteiger partial charge < -0.3 is 10.1 Å². The van der Waals surface area contributed by atoms with Crippen LogP contribution in [0.25, 0.3) is 0 Å². The van der Waals surface area contributed by atoms with Crippen LogP contribution >= 0.6 is 0 Å². The summed E-state index contributed by atoms with van der Waals surface area (Å²) in [5.74, 6) is 6.00. The Morgan fingerprint density at radius 2 is 1.56 bits per heavy atom. The van der Waals surface area contributed by atoms with E-state index in [1.54, 1.807) is 4.90 Å². The Hall–Kier alpha value is -4.04. The van der Waals surface area contributed by atoms with Crippen LogP contribution in [0.5, 0.6) is 0 Å². The molecule has 3 aromatic carbocycles. The highest BCUT2D eigenvalue weighted by molar-refractivity contribution is 5.89. The van der Waals surface area contributed by atoms with Crippen LogP contribution in [0.4, 0.5) is 10.5 Å². The molecule has 2 amide bonds. The zero-order valence-corrected chi connectivity index (χ0v) is 17.7. The van der Waals surface area contributed by atoms with E-state index < -0.39 is 0 Å². The summed E-state index contributed by atoms with van der Waals surface area (Å²) in [7, 11) is 0. The molecule has 3 aromatic rings. The Kier molecular flexibility index (Phi) is 6.84. The standard InChI is InChI=1S/C27H24N2O3/c30-26(20-25(22-9-3-1-4-10-22)23-11-5-2-6-12-23)28-17-7-8-21-13-15-24(16-14-21)29-18-19-32-27(29)31/h1-6,9-16,25H,17-20H2,(H,28,30). The van der Waals surface area contributed by atoms with Crippen molar-refractivity contribution >= 4 is 17.7 Å². The summed E-state index contributed by atoms with van der Waals surface area (Å²) in [6, 6.07) is 27.5. The normalized spacial score (nSPS) is 12.8. The van der Waals surface area contributed by atoms with E-state index in [0.29, 0.717) is 19.6 Å². The lowest BCUT2D eigenvalue weighted by Gasteiger charge is -2.17. The number of carbonyl (C=O) groups is 2. The van der Waals surface area contributed by atoms with E-state index in [9.17, 15) is 9.59 Å². The third kappa shape index (κ3) is 5.35. The first-order valence-electron chi connectivity index (χ1n) is 10.6. The largest absolute Gasteiger partial charge is 0.447 e. The Labute approximate surface area is 188 Å². The van der Waals surface area contributed by atoms with E-state index in [1.165, 1.54) is 0 Å². The maximum Gasteiger partial charge on any atom is 0.414 e. The Morgan fingerprint density at radius 1 is 0.938 bits per heavy atom. The molecular formula is C27H24N2O3. The van der Waals surface area contributed by atoms with Crippen LogP contribution in [0.3, 0.4) is 0 Å². The predicted molar refractivity (Wildman–Crippen MR) is 124 cm³/mol. The molecular weight excluding hydrogens is 400 g/mol. The lowest BCUT2D eigenvalue weighted by molar-refractivity contribution is -0.121. The topological polar surface area (TPSA) is 58.6 Å². The molecule has 0 spiro atoms. The Balaban J connectivity index is 1.34. The van der Waals surface area contributed by atoms with Crippen molar-refractivity contribution in [2.24, 2.45) is 0 Å². The summed E-state index contributed by atoms with van der Waals surface area (Å²) in [6.45, 7) is 1.24. The van der Waals surface area contributed by atoms with Crippen molar-refractivity contribution in [2.45, 2.75) is 12.3 Å². The minimum absolute atomic E-state index is 0.00446. The maximum absolute atomic E-state index is 12.6. The summed E-state index contributed by atoms with van der Waals surface area (Å²) in [5.41, 5.74) is 3.84. The van der Waals surface area contributed by atoms with Crippen LogP contribution in [-0.2, 0) is 9.53 Å². The fourth-order valence-electron chi connectivity index (χ4n) is 3.70. The highest BCUT2D eigenvalue weighted by Crippen LogP contribution is 2.27. The average Bonchev–Trinajstić information content (AvgIpc) is 3.27. The number of hydrogen-bond donors (Lipinski definition) is 1. The van der Waals surface area contributed by atoms with Crippen molar-refractivity contribution in [1.82, 2.24) is 5.32 Å². The van der Waals surface area contributed by atoms with Crippen molar-refractivity contribution in [1.29, 1.82) is 0 Å². The summed E-state index contributed by atoms with van der Waals surface area (Å²) in [5, 5.41) is 2.90. The predicted octanol–water partition coefficient (Wildman–Crippen LogP) is 4.33. The van der Waals surface area contributed by atoms with Crippen LogP contribution in [0.2, 0.25) is 0 Å². The number of cyclic esters (lactones) is 1. The van der Waals surface area contributed by atoms with Crippen LogP contribution < -0.4 is 10.2 Å². The second kappa shape index (κ2) is 10.3. The maximum atomic E-state index is 12.6. The number of amides is 2. The van der Waals surface area contributed by atoms with Gasteiger partial charge in [0, 0.05) is 23.6 Å². The summed E-state index contributed by atoms with van der Waals surface area (Å²) >= 11 is 0. The van der Waals surface area contributed by atoms with Crippen LogP contribution in [0.1, 0.15) is 29.0 Å². The molecule has 0 unspecified atom stereocenters. The molecule has 160 valence electrons. The first-order chi connectivity index (χ1) is 15.7. The monoisotopic (exact) mass is 424 g/mol. The van der Waals surface area contributed by atoms with Gasteiger partial charge in [-0.25, -0.2) is 4.79 Å². The van der Waals surface area contributed by atoms with Gasteiger partial charge in [-0.3, -0.25) is 9.69 Å². The molecule has 5 nitrogen and oxygen atoms in total. The minimum Gasteiger partial charge on any atom is -0.447 e. The molecule has 1 aliphatic rings. The van der Waals surface area contributed by atoms with Crippen LogP contribution in [0, 0.1) is 11.8 Å². The number of ether oxygens (including phenoxy) is 1. The van der Waals surface area contributed by atoms with E-state index in [-0.39, 0.29) is 24.5 Å². The van der Waals surface area contributed by atoms with Crippen molar-refractivity contribution < 1.29 is 14.3 Å². The molecule has 0 saturated carbocycles. The first-order valence-corrected chi connectivity index (χ1v) is 10.6. The molecule has 0 atom stereocenters. The number of hydrogen-bond acceptors (Lipinski definition) is 3. The van der Waals surface area contributed by atoms with Gasteiger partial charge in [0.15, 0.2) is 0 Å². The van der Waals surface area contributed by atoms with E-state index in [2.05, 4.69) is 41.4 Å². The number of rotatable bonds is 6. The molecule has 32 heavy (non-hydrogen) atoms. The second-order valence-electron chi connectivity index (χ2n) is 7.47. The van der Waals surface area contributed by atoms with Gasteiger partial charge in [0.2, 0.25) is 5.91 Å². The van der Waals surface area contributed by atoms with E-state index in [1.807, 2.05) is 60.7 Å². The Bertz CT molecular complexity index is 1080. The zero-order valence-electron chi connectivity index (χ0n) is 17.7. The molecule has 0 aromatic heterocycles. The Morgan fingerprint density at radius 3 is 2.12 bits per heavy atom. The van der Waals surface area contributed by atoms with Crippen molar-refractivity contribution in [3.05, 3.63) is 102 Å². The van der Waals surface area contributed by atoms with Gasteiger partial charge in [-0.15, -0.1) is 0 Å². The van der Waals surface area contributed by atoms with Gasteiger partial charge in [0.1, 0.15) is 6.61 Å². The number of benzene rings is 3. The molecule has 1 aliphatic heterocycles. The number of anilines is 1. The SMILES string of the molecule is O=C(CC(c1ccccc1)c1ccccc1)NCC#Cc1ccc(N2CCOC2=O)cc1. The lowest BCUT2D eigenvalue weighted by Crippen LogP contribution is -2.25. The molecule has 1 saturated heterocycles. The molecule has 5 heteroatoms. The number of nitrogens with one attached hydrogen (secondary N) is 1. The fourth-order valence-corrected chi connectivity index (χ4v) is 3.70. The third-order valence-electron chi connectivity index (χ3n) is 5.34. The molecule has 4 rings (SSSR count). The third-order valence-corrected chi connectivity index (χ3v) is 5.34. The summed E-state index contributed by atoms with van der Waals surface area (Å²) < 4.78 is 4.95. The van der Waals surface area contributed by atoms with Crippen molar-refractivity contribution in [3.63, 3.8) is 0 Å². The molecule has 0 aliphatic carbocycles. The zero-order chi connectivity index (χ0) is 22.2. The highest BCUT2D eigenvalue weighted by atomic mass is 16.6. The fraction of sp³-hybridized carbons (Fsp3) is 0.185. The quantitative estimate of drug-likeness (QED) is 0.599. The van der Waals surface area contributed by atoms with Crippen molar-refractivity contribution in [3.8, 4) is 11.8 Å². The second-order valence-corrected chi connectivity index (χ2v) is 7.47.